The van der Waals surface area contributed by atoms with Crippen molar-refractivity contribution in [2.75, 3.05) is 19.8 Å². The van der Waals surface area contributed by atoms with Gasteiger partial charge in [0.2, 0.25) is 0 Å². The van der Waals surface area contributed by atoms with E-state index >= 15 is 9.90 Å². The second kappa shape index (κ2) is 22.8. The summed E-state index contributed by atoms with van der Waals surface area (Å²) in [6.07, 6.45) is 21.1. The van der Waals surface area contributed by atoms with Crippen molar-refractivity contribution in [1.82, 2.24) is 16.0 Å². The maximum Gasteiger partial charge on any atom is 0.182 e. The van der Waals surface area contributed by atoms with E-state index in [9.17, 15) is 40.9 Å². The minimum Gasteiger partial charge on any atom is -0.396 e. The number of Topliss-reactive ketones (excluding diaryl/α,β-unsaturated/α-hetero) is 1. The summed E-state index contributed by atoms with van der Waals surface area (Å²) in [5.74, 6) is -2.80. The predicted octanol–water partition coefficient (Wildman–Crippen LogP) is 5.33. The number of ketones is 1. The van der Waals surface area contributed by atoms with E-state index < -0.39 is 99.5 Å². The van der Waals surface area contributed by atoms with Gasteiger partial charge in [-0.15, -0.1) is 0 Å². The first-order chi connectivity index (χ1) is 39.2. The number of aliphatic hydroxyl groups excluding tert-OH is 5. The van der Waals surface area contributed by atoms with Crippen LogP contribution in [0.2, 0.25) is 0 Å². The molecule has 23 atom stereocenters. The first-order valence-corrected chi connectivity index (χ1v) is 32.8. The number of nitrogens with one attached hydrogen (secondary N) is 3. The molecule has 12 rings (SSSR count). The fourth-order valence-electron chi connectivity index (χ4n) is 21.3. The topological polar surface area (TPSA) is 280 Å². The molecular formula is C66H102N4O12. The normalized spacial score (nSPS) is 48.8. The molecule has 3 aliphatic heterocycles. The van der Waals surface area contributed by atoms with Gasteiger partial charge in [-0.2, -0.15) is 0 Å². The van der Waals surface area contributed by atoms with Gasteiger partial charge in [-0.1, -0.05) is 63.3 Å². The highest BCUT2D eigenvalue weighted by Crippen LogP contribution is 2.77. The van der Waals surface area contributed by atoms with Crippen LogP contribution < -0.4 is 21.7 Å². The predicted molar refractivity (Wildman–Crippen MR) is 309 cm³/mol. The summed E-state index contributed by atoms with van der Waals surface area (Å²) >= 11 is 0. The molecule has 7 saturated carbocycles. The van der Waals surface area contributed by atoms with E-state index in [1.54, 1.807) is 13.8 Å². The number of fused-ring (bicyclic) bond motifs is 6. The Labute approximate surface area is 486 Å². The van der Waals surface area contributed by atoms with Crippen molar-refractivity contribution in [2.45, 2.75) is 252 Å². The molecule has 458 valence electrons. The van der Waals surface area contributed by atoms with Crippen LogP contribution in [-0.2, 0) is 14.3 Å². The molecule has 16 heteroatoms. The molecule has 1 unspecified atom stereocenters. The van der Waals surface area contributed by atoms with E-state index in [0.717, 1.165) is 81.9 Å². The van der Waals surface area contributed by atoms with Gasteiger partial charge in [-0.25, -0.2) is 0 Å². The Balaban J connectivity index is 0.997. The lowest BCUT2D eigenvalue weighted by atomic mass is 9.37. The number of hydrogen-bond donors (Lipinski definition) is 13. The van der Waals surface area contributed by atoms with E-state index in [0.29, 0.717) is 74.5 Å². The van der Waals surface area contributed by atoms with Gasteiger partial charge in [-0.05, 0) is 194 Å². The number of nitrogens with two attached hydrogens (primary N) is 1. The number of allylic oxidation sites excluding steroid dienone is 5. The Bertz CT molecular complexity index is 2510. The third-order valence-electron chi connectivity index (χ3n) is 24.9. The molecule has 0 aromatic rings. The number of aliphatic hydroxyl groups is 9. The van der Waals surface area contributed by atoms with Gasteiger partial charge in [0.25, 0.3) is 0 Å². The van der Waals surface area contributed by atoms with Crippen LogP contribution in [0, 0.1) is 70.0 Å². The molecule has 1 spiro atoms. The van der Waals surface area contributed by atoms with Crippen molar-refractivity contribution in [3.63, 3.8) is 0 Å². The van der Waals surface area contributed by atoms with Crippen molar-refractivity contribution in [2.24, 2.45) is 75.7 Å². The maximum atomic E-state index is 16.2. The number of rotatable bonds is 16. The van der Waals surface area contributed by atoms with Crippen LogP contribution in [0.1, 0.15) is 175 Å². The molecule has 0 amide bonds. The molecule has 0 aromatic heterocycles. The summed E-state index contributed by atoms with van der Waals surface area (Å²) in [6, 6.07) is 0.438. The second-order valence-electron chi connectivity index (χ2n) is 29.2. The molecule has 1 saturated heterocycles. The first-order valence-electron chi connectivity index (χ1n) is 32.8. The number of carbonyl (C=O) groups excluding carboxylic acids is 1. The van der Waals surface area contributed by atoms with Crippen LogP contribution in [0.3, 0.4) is 0 Å². The Hall–Kier alpha value is -2.71. The minimum absolute atomic E-state index is 0.0108. The lowest BCUT2D eigenvalue weighted by Gasteiger charge is -2.69. The van der Waals surface area contributed by atoms with E-state index in [-0.39, 0.29) is 93.6 Å². The van der Waals surface area contributed by atoms with Gasteiger partial charge >= 0.3 is 0 Å². The highest BCUT2D eigenvalue weighted by Gasteiger charge is 2.80. The SMILES string of the molecule is CCC[C@H]1CC[C@H]2[C@H]3[C@@H](O[C@@H]2CC1)[C@@](O)([C@](C)(O)[C@H]1CC[C@@]2(O)C4=C(NC[C@H](C)O)C(=O)[C@@H]5C[C@@H](O)[C@@H](O)C[C@@]56C[C@@H](C5=C(CCCO)NC(N)C=C5)C=C[C@@](O)(C[C@]12C1CCC(CCO[C@H]2C[C@H]5C=CN[C@H]5C2)CC1)[C@@H]46)CCC[C@@H]3O. The van der Waals surface area contributed by atoms with Crippen LogP contribution >= 0.6 is 0 Å². The lowest BCUT2D eigenvalue weighted by Crippen LogP contribution is -2.74. The molecule has 9 aliphatic carbocycles. The third-order valence-corrected chi connectivity index (χ3v) is 24.9. The smallest absolute Gasteiger partial charge is 0.182 e. The van der Waals surface area contributed by atoms with Gasteiger partial charge in [0.1, 0.15) is 5.60 Å². The highest BCUT2D eigenvalue weighted by molar-refractivity contribution is 6.00. The molecular weight excluding hydrogens is 1040 g/mol. The second-order valence-corrected chi connectivity index (χ2v) is 29.2. The Morgan fingerprint density at radius 2 is 1.68 bits per heavy atom. The van der Waals surface area contributed by atoms with Crippen LogP contribution in [0.4, 0.5) is 0 Å². The van der Waals surface area contributed by atoms with Crippen molar-refractivity contribution < 1.29 is 60.2 Å². The summed E-state index contributed by atoms with van der Waals surface area (Å²) in [5, 5.41) is 126. The fraction of sp³-hybridized carbons (Fsp3) is 0.833. The molecule has 0 bridgehead atoms. The number of carbonyl (C=O) groups is 1. The third kappa shape index (κ3) is 9.71. The standard InChI is InChI=1S/C66H102N4O12/c1-4-7-38-12-16-45-52(18-13-38)82-60-55(45)49(73)9-5-24-66(60,80)61(3,77)53-21-26-65(79)56-57(69-35-37(2)72)58(76)46-32-50(74)51(75)34-62(46)33-41(44-17-19-54(67)70-47(44)8-6-28-71)20-25-63(78,59(56)62)36-64(53,65)42-14-10-39(11-15-42)23-29-81-43-30-40-22-27-68-48(40)31-43/h17,19-20,22,25,27,37-43,45-46,48-55,59-60,68-75,77-80H,4-16,18,21,23-24,26,28-36,67H2,1-3H3/t37-,38-,39?,40+,41-,42?,43-,45+,46-,48-,49-,50+,51-,52+,53+,54?,55+,59-,60+,61+,62-,63+,64-,65+,66+/m0/s1. The average molecular weight is 1140 g/mol. The van der Waals surface area contributed by atoms with Crippen LogP contribution in [0.5, 0.6) is 0 Å². The summed E-state index contributed by atoms with van der Waals surface area (Å²) in [7, 11) is 0. The van der Waals surface area contributed by atoms with Crippen LogP contribution in [-0.4, -0.2) is 149 Å². The molecule has 0 aromatic carbocycles. The number of ether oxygens (including phenoxy) is 2. The van der Waals surface area contributed by atoms with Crippen molar-refractivity contribution >= 4 is 5.78 Å². The molecule has 14 N–H and O–H groups in total. The quantitative estimate of drug-likeness (QED) is 0.0870. The molecule has 8 fully saturated rings. The Morgan fingerprint density at radius 1 is 0.915 bits per heavy atom. The molecule has 3 heterocycles. The Kier molecular flexibility index (Phi) is 16.6. The average Bonchev–Trinajstić information content (AvgIpc) is 1.34. The minimum atomic E-state index is -1.96. The van der Waals surface area contributed by atoms with E-state index in [2.05, 4.69) is 35.2 Å². The lowest BCUT2D eigenvalue weighted by molar-refractivity contribution is -0.276. The van der Waals surface area contributed by atoms with Gasteiger partial charge in [-0.3, -0.25) is 4.79 Å². The Morgan fingerprint density at radius 3 is 2.44 bits per heavy atom. The number of dihydropyridines is 1. The zero-order valence-electron chi connectivity index (χ0n) is 49.4. The van der Waals surface area contributed by atoms with Gasteiger partial charge in [0.05, 0.1) is 71.4 Å². The summed E-state index contributed by atoms with van der Waals surface area (Å²) in [5.41, 5.74) is -1.43. The molecule has 0 radical (unpaired) electrons. The van der Waals surface area contributed by atoms with E-state index in [1.165, 1.54) is 0 Å². The zero-order valence-corrected chi connectivity index (χ0v) is 49.4. The highest BCUT2D eigenvalue weighted by atomic mass is 16.5. The summed E-state index contributed by atoms with van der Waals surface area (Å²) in [6.45, 7) is 6.20. The number of hydrogen-bond acceptors (Lipinski definition) is 16. The van der Waals surface area contributed by atoms with Crippen LogP contribution in [0.25, 0.3) is 0 Å². The fourth-order valence-corrected chi connectivity index (χ4v) is 21.3. The maximum absolute atomic E-state index is 16.2. The van der Waals surface area contributed by atoms with Crippen molar-refractivity contribution in [3.05, 3.63) is 59.1 Å². The van der Waals surface area contributed by atoms with E-state index in [1.807, 2.05) is 24.3 Å². The van der Waals surface area contributed by atoms with E-state index in [4.69, 9.17) is 15.2 Å². The van der Waals surface area contributed by atoms with Gasteiger partial charge < -0.3 is 77.1 Å². The largest absolute Gasteiger partial charge is 0.396 e. The summed E-state index contributed by atoms with van der Waals surface area (Å²) in [4.78, 5) is 16.2. The van der Waals surface area contributed by atoms with Gasteiger partial charge in [0, 0.05) is 66.5 Å². The zero-order chi connectivity index (χ0) is 57.7. The first kappa shape index (κ1) is 59.6. The summed E-state index contributed by atoms with van der Waals surface area (Å²) < 4.78 is 13.8. The molecule has 82 heavy (non-hydrogen) atoms. The van der Waals surface area contributed by atoms with Crippen LogP contribution in [0.15, 0.2) is 59.1 Å². The van der Waals surface area contributed by atoms with Gasteiger partial charge in [0.15, 0.2) is 5.78 Å². The van der Waals surface area contributed by atoms with Crippen molar-refractivity contribution in [3.8, 4) is 0 Å². The van der Waals surface area contributed by atoms with Crippen molar-refractivity contribution in [1.29, 1.82) is 0 Å². The monoisotopic (exact) mass is 1140 g/mol. The molecule has 16 nitrogen and oxygen atoms in total. The molecule has 12 aliphatic rings.